The predicted molar refractivity (Wildman–Crippen MR) is 84.9 cm³/mol. The second-order valence-corrected chi connectivity index (χ2v) is 5.69. The van der Waals surface area contributed by atoms with Crippen LogP contribution in [0.25, 0.3) is 11.3 Å². The third-order valence-corrected chi connectivity index (χ3v) is 4.07. The standard InChI is InChI=1S/C17H19N3O.H2/c1-12-7-8-14(19-17(21)10-13-4-2-5-13)11-15(12)16-6-3-9-18-20-16;/h3,6-9,11,13H,2,4-5,10H2,1H3,(H,19,21);1H. The highest BCUT2D eigenvalue weighted by Crippen LogP contribution is 2.30. The largest absolute Gasteiger partial charge is 0.326 e. The van der Waals surface area contributed by atoms with E-state index in [1.54, 1.807) is 6.20 Å². The molecule has 0 atom stereocenters. The molecule has 21 heavy (non-hydrogen) atoms. The van der Waals surface area contributed by atoms with Crippen molar-refractivity contribution in [2.24, 2.45) is 5.92 Å². The molecule has 1 saturated carbocycles. The SMILES string of the molecule is Cc1ccc(NC(=O)CC2CCC2)cc1-c1cccnn1.[HH]. The Morgan fingerprint density at radius 3 is 2.90 bits per heavy atom. The van der Waals surface area contributed by atoms with Crippen LogP contribution in [0.3, 0.4) is 0 Å². The summed E-state index contributed by atoms with van der Waals surface area (Å²) in [5.41, 5.74) is 3.77. The Kier molecular flexibility index (Phi) is 3.95. The van der Waals surface area contributed by atoms with Gasteiger partial charge < -0.3 is 5.32 Å². The maximum Gasteiger partial charge on any atom is 0.224 e. The van der Waals surface area contributed by atoms with Gasteiger partial charge in [-0.15, -0.1) is 0 Å². The van der Waals surface area contributed by atoms with Crippen LogP contribution < -0.4 is 5.32 Å². The van der Waals surface area contributed by atoms with Crippen LogP contribution in [0.4, 0.5) is 5.69 Å². The predicted octanol–water partition coefficient (Wildman–Crippen LogP) is 3.83. The van der Waals surface area contributed by atoms with E-state index in [2.05, 4.69) is 15.5 Å². The summed E-state index contributed by atoms with van der Waals surface area (Å²) in [6.07, 6.45) is 5.93. The summed E-state index contributed by atoms with van der Waals surface area (Å²) in [6.45, 7) is 2.03. The number of hydrogen-bond acceptors (Lipinski definition) is 3. The van der Waals surface area contributed by atoms with Crippen LogP contribution in [0.15, 0.2) is 36.5 Å². The Hall–Kier alpha value is -2.23. The quantitative estimate of drug-likeness (QED) is 0.927. The van der Waals surface area contributed by atoms with Crippen LogP contribution in [-0.4, -0.2) is 16.1 Å². The zero-order chi connectivity index (χ0) is 14.7. The minimum absolute atomic E-state index is 0. The van der Waals surface area contributed by atoms with E-state index in [9.17, 15) is 4.79 Å². The van der Waals surface area contributed by atoms with Gasteiger partial charge in [-0.3, -0.25) is 4.79 Å². The number of anilines is 1. The summed E-state index contributed by atoms with van der Waals surface area (Å²) >= 11 is 0. The highest BCUT2D eigenvalue weighted by Gasteiger charge is 2.20. The molecule has 0 unspecified atom stereocenters. The summed E-state index contributed by atoms with van der Waals surface area (Å²) in [6, 6.07) is 9.70. The lowest BCUT2D eigenvalue weighted by Gasteiger charge is -2.24. The van der Waals surface area contributed by atoms with Crippen molar-refractivity contribution in [3.63, 3.8) is 0 Å². The lowest BCUT2D eigenvalue weighted by Crippen LogP contribution is -2.20. The molecule has 1 heterocycles. The fourth-order valence-electron chi connectivity index (χ4n) is 2.59. The first-order chi connectivity index (χ1) is 10.2. The normalized spacial score (nSPS) is 14.5. The van der Waals surface area contributed by atoms with E-state index >= 15 is 0 Å². The molecule has 4 heteroatoms. The number of carbonyl (C=O) groups excluding carboxylic acids is 1. The van der Waals surface area contributed by atoms with Gasteiger partial charge in [0.15, 0.2) is 0 Å². The molecule has 0 radical (unpaired) electrons. The van der Waals surface area contributed by atoms with Crippen LogP contribution in [0.1, 0.15) is 32.7 Å². The molecule has 0 spiro atoms. The highest BCUT2D eigenvalue weighted by atomic mass is 16.1. The van der Waals surface area contributed by atoms with E-state index in [1.807, 2.05) is 37.3 Å². The van der Waals surface area contributed by atoms with E-state index in [1.165, 1.54) is 19.3 Å². The van der Waals surface area contributed by atoms with Gasteiger partial charge in [-0.2, -0.15) is 10.2 Å². The first kappa shape index (κ1) is 13.7. The molecule has 0 aliphatic heterocycles. The van der Waals surface area contributed by atoms with E-state index in [-0.39, 0.29) is 7.33 Å². The van der Waals surface area contributed by atoms with Crippen molar-refractivity contribution >= 4 is 11.6 Å². The smallest absolute Gasteiger partial charge is 0.224 e. The average Bonchev–Trinajstić information content (AvgIpc) is 2.46. The molecule has 3 rings (SSSR count). The highest BCUT2D eigenvalue weighted by molar-refractivity contribution is 5.91. The van der Waals surface area contributed by atoms with E-state index in [0.717, 1.165) is 22.5 Å². The molecule has 1 fully saturated rings. The fourth-order valence-corrected chi connectivity index (χ4v) is 2.59. The van der Waals surface area contributed by atoms with Crippen LogP contribution in [-0.2, 0) is 4.79 Å². The van der Waals surface area contributed by atoms with Crippen LogP contribution in [0.2, 0.25) is 0 Å². The van der Waals surface area contributed by atoms with Crippen molar-refractivity contribution < 1.29 is 6.22 Å². The zero-order valence-electron chi connectivity index (χ0n) is 12.2. The van der Waals surface area contributed by atoms with Gasteiger partial charge in [0.1, 0.15) is 0 Å². The van der Waals surface area contributed by atoms with E-state index in [0.29, 0.717) is 12.3 Å². The molecule has 110 valence electrons. The zero-order valence-corrected chi connectivity index (χ0v) is 12.2. The summed E-state index contributed by atoms with van der Waals surface area (Å²) in [5, 5.41) is 11.0. The molecule has 1 aromatic heterocycles. The third kappa shape index (κ3) is 3.27. The Balaban J connectivity index is 0.00000176. The Labute approximate surface area is 126 Å². The molecule has 1 amide bonds. The maximum atomic E-state index is 12.0. The Bertz CT molecular complexity index is 642. The lowest BCUT2D eigenvalue weighted by molar-refractivity contribution is -0.117. The van der Waals surface area contributed by atoms with Crippen molar-refractivity contribution in [1.82, 2.24) is 10.2 Å². The van der Waals surface area contributed by atoms with Gasteiger partial charge in [0.2, 0.25) is 5.91 Å². The number of amides is 1. The van der Waals surface area contributed by atoms with E-state index in [4.69, 9.17) is 0 Å². The first-order valence-electron chi connectivity index (χ1n) is 7.41. The Morgan fingerprint density at radius 2 is 2.24 bits per heavy atom. The topological polar surface area (TPSA) is 54.9 Å². The molecule has 1 aliphatic rings. The number of aromatic nitrogens is 2. The van der Waals surface area contributed by atoms with Crippen molar-refractivity contribution in [3.05, 3.63) is 42.1 Å². The summed E-state index contributed by atoms with van der Waals surface area (Å²) in [7, 11) is 0. The average molecular weight is 283 g/mol. The van der Waals surface area contributed by atoms with Gasteiger partial charge in [-0.25, -0.2) is 0 Å². The molecular weight excluding hydrogens is 262 g/mol. The maximum absolute atomic E-state index is 12.0. The second-order valence-electron chi connectivity index (χ2n) is 5.69. The summed E-state index contributed by atoms with van der Waals surface area (Å²) in [4.78, 5) is 12.0. The van der Waals surface area contributed by atoms with Crippen LogP contribution in [0, 0.1) is 12.8 Å². The minimum atomic E-state index is 0. The first-order valence-corrected chi connectivity index (χ1v) is 7.41. The Morgan fingerprint density at radius 1 is 1.38 bits per heavy atom. The molecule has 2 aromatic rings. The number of hydrogen-bond donors (Lipinski definition) is 1. The van der Waals surface area contributed by atoms with Crippen molar-refractivity contribution in [2.75, 3.05) is 5.32 Å². The van der Waals surface area contributed by atoms with Crippen molar-refractivity contribution in [3.8, 4) is 11.3 Å². The lowest BCUT2D eigenvalue weighted by atomic mass is 9.83. The number of carbonyl (C=O) groups is 1. The van der Waals surface area contributed by atoms with Crippen molar-refractivity contribution in [2.45, 2.75) is 32.6 Å². The monoisotopic (exact) mass is 283 g/mol. The molecule has 0 saturated heterocycles. The number of benzene rings is 1. The van der Waals surface area contributed by atoms with Gasteiger partial charge in [0.25, 0.3) is 0 Å². The van der Waals surface area contributed by atoms with Gasteiger partial charge in [0, 0.05) is 25.3 Å². The molecule has 1 aliphatic carbocycles. The van der Waals surface area contributed by atoms with Crippen LogP contribution >= 0.6 is 0 Å². The number of aryl methyl sites for hydroxylation is 1. The summed E-state index contributed by atoms with van der Waals surface area (Å²) in [5.74, 6) is 0.684. The third-order valence-electron chi connectivity index (χ3n) is 4.07. The number of nitrogens with zero attached hydrogens (tertiary/aromatic N) is 2. The summed E-state index contributed by atoms with van der Waals surface area (Å²) < 4.78 is 0. The van der Waals surface area contributed by atoms with Gasteiger partial charge >= 0.3 is 0 Å². The molecule has 0 bridgehead atoms. The van der Waals surface area contributed by atoms with Gasteiger partial charge in [-0.1, -0.05) is 12.5 Å². The number of rotatable bonds is 4. The molecule has 4 nitrogen and oxygen atoms in total. The fraction of sp³-hybridized carbons (Fsp3) is 0.353. The number of nitrogens with one attached hydrogen (secondary N) is 1. The van der Waals surface area contributed by atoms with Crippen LogP contribution in [0.5, 0.6) is 0 Å². The second kappa shape index (κ2) is 6.04. The van der Waals surface area contributed by atoms with Gasteiger partial charge in [-0.05, 0) is 55.5 Å². The van der Waals surface area contributed by atoms with E-state index < -0.39 is 0 Å². The molecule has 1 aromatic carbocycles. The minimum Gasteiger partial charge on any atom is -0.326 e. The molecular formula is C17H21N3O. The van der Waals surface area contributed by atoms with Crippen molar-refractivity contribution in [1.29, 1.82) is 0 Å². The molecule has 1 N–H and O–H groups in total. The van der Waals surface area contributed by atoms with Gasteiger partial charge in [0.05, 0.1) is 5.69 Å².